The second-order valence-corrected chi connectivity index (χ2v) is 5.22. The van der Waals surface area contributed by atoms with E-state index in [2.05, 4.69) is 0 Å². The first-order valence-electron chi connectivity index (χ1n) is 7.42. The highest BCUT2D eigenvalue weighted by Crippen LogP contribution is 2.19. The number of methoxy groups -OCH3 is 2. The number of likely N-dealkylation sites (N-methyl/N-ethyl adjacent to an activating group) is 1. The number of ether oxygens (including phenoxy) is 3. The smallest absolute Gasteiger partial charge is 0.119 e. The molecule has 23 heavy (non-hydrogen) atoms. The van der Waals surface area contributed by atoms with Gasteiger partial charge in [-0.05, 0) is 48.5 Å². The van der Waals surface area contributed by atoms with Crippen molar-refractivity contribution in [1.29, 1.82) is 0 Å². The van der Waals surface area contributed by atoms with Gasteiger partial charge in [0.1, 0.15) is 30.0 Å². The standard InChI is InChI=1S/C18H23NO4/c1-19(14-4-6-16(21-2)7-5-14)12-15(20)13-23-18-10-8-17(22-3)9-11-18/h4-11,15,20H,12-13H2,1-3H3. The third-order valence-electron chi connectivity index (χ3n) is 3.50. The molecule has 0 saturated heterocycles. The lowest BCUT2D eigenvalue weighted by Crippen LogP contribution is -2.33. The van der Waals surface area contributed by atoms with Gasteiger partial charge in [-0.1, -0.05) is 0 Å². The lowest BCUT2D eigenvalue weighted by molar-refractivity contribution is 0.113. The van der Waals surface area contributed by atoms with E-state index < -0.39 is 6.10 Å². The summed E-state index contributed by atoms with van der Waals surface area (Å²) in [7, 11) is 5.19. The molecule has 1 unspecified atom stereocenters. The summed E-state index contributed by atoms with van der Waals surface area (Å²) in [6, 6.07) is 15.0. The third kappa shape index (κ3) is 5.07. The quantitative estimate of drug-likeness (QED) is 0.811. The monoisotopic (exact) mass is 317 g/mol. The fourth-order valence-corrected chi connectivity index (χ4v) is 2.18. The maximum Gasteiger partial charge on any atom is 0.119 e. The second kappa shape index (κ2) is 8.29. The summed E-state index contributed by atoms with van der Waals surface area (Å²) in [6.07, 6.45) is -0.593. The second-order valence-electron chi connectivity index (χ2n) is 5.22. The fraction of sp³-hybridized carbons (Fsp3) is 0.333. The predicted molar refractivity (Wildman–Crippen MR) is 90.8 cm³/mol. The molecule has 0 saturated carbocycles. The van der Waals surface area contributed by atoms with Crippen LogP contribution in [0.3, 0.4) is 0 Å². The average Bonchev–Trinajstić information content (AvgIpc) is 2.60. The Hall–Kier alpha value is -2.40. The van der Waals surface area contributed by atoms with Gasteiger partial charge in [-0.3, -0.25) is 0 Å². The molecule has 124 valence electrons. The first kappa shape index (κ1) is 17.0. The Morgan fingerprint density at radius 1 is 0.870 bits per heavy atom. The summed E-state index contributed by atoms with van der Waals surface area (Å²) in [5.74, 6) is 2.29. The van der Waals surface area contributed by atoms with Crippen LogP contribution in [0.2, 0.25) is 0 Å². The Morgan fingerprint density at radius 3 is 1.87 bits per heavy atom. The molecule has 0 radical (unpaired) electrons. The SMILES string of the molecule is COc1ccc(OCC(O)CN(C)c2ccc(OC)cc2)cc1. The van der Waals surface area contributed by atoms with Crippen LogP contribution in [0.1, 0.15) is 0 Å². The van der Waals surface area contributed by atoms with E-state index >= 15 is 0 Å². The van der Waals surface area contributed by atoms with Crippen LogP contribution in [0.25, 0.3) is 0 Å². The molecule has 5 heteroatoms. The normalized spacial score (nSPS) is 11.7. The Morgan fingerprint density at radius 2 is 1.35 bits per heavy atom. The molecule has 0 aliphatic rings. The largest absolute Gasteiger partial charge is 0.497 e. The zero-order valence-corrected chi connectivity index (χ0v) is 13.7. The number of nitrogens with zero attached hydrogens (tertiary/aromatic N) is 1. The van der Waals surface area contributed by atoms with Crippen molar-refractivity contribution >= 4 is 5.69 Å². The van der Waals surface area contributed by atoms with Crippen molar-refractivity contribution < 1.29 is 19.3 Å². The highest BCUT2D eigenvalue weighted by atomic mass is 16.5. The zero-order chi connectivity index (χ0) is 16.7. The molecule has 0 aliphatic carbocycles. The fourth-order valence-electron chi connectivity index (χ4n) is 2.18. The number of anilines is 1. The number of aliphatic hydroxyl groups excluding tert-OH is 1. The van der Waals surface area contributed by atoms with Crippen LogP contribution in [0.4, 0.5) is 5.69 Å². The van der Waals surface area contributed by atoms with Crippen molar-refractivity contribution in [3.05, 3.63) is 48.5 Å². The van der Waals surface area contributed by atoms with Crippen molar-refractivity contribution in [2.24, 2.45) is 0 Å². The summed E-state index contributed by atoms with van der Waals surface area (Å²) < 4.78 is 15.8. The lowest BCUT2D eigenvalue weighted by Gasteiger charge is -2.23. The molecular formula is C18H23NO4. The summed E-state index contributed by atoms with van der Waals surface area (Å²) in [6.45, 7) is 0.704. The van der Waals surface area contributed by atoms with Crippen molar-refractivity contribution in [2.75, 3.05) is 39.3 Å². The van der Waals surface area contributed by atoms with E-state index in [1.165, 1.54) is 0 Å². The van der Waals surface area contributed by atoms with Crippen LogP contribution in [0.5, 0.6) is 17.2 Å². The Kier molecular flexibility index (Phi) is 6.11. The molecule has 2 aromatic rings. The van der Waals surface area contributed by atoms with Crippen LogP contribution in [-0.4, -0.2) is 45.6 Å². The maximum atomic E-state index is 10.1. The number of rotatable bonds is 8. The topological polar surface area (TPSA) is 51.2 Å². The maximum absolute atomic E-state index is 10.1. The van der Waals surface area contributed by atoms with Gasteiger partial charge in [0, 0.05) is 19.3 Å². The molecule has 0 heterocycles. The van der Waals surface area contributed by atoms with Crippen molar-refractivity contribution in [3.63, 3.8) is 0 Å². The molecule has 0 bridgehead atoms. The molecule has 0 fully saturated rings. The Bertz CT molecular complexity index is 583. The minimum absolute atomic E-state index is 0.229. The Balaban J connectivity index is 1.81. The van der Waals surface area contributed by atoms with Gasteiger partial charge in [0.15, 0.2) is 0 Å². The van der Waals surface area contributed by atoms with Gasteiger partial charge < -0.3 is 24.2 Å². The minimum atomic E-state index is -0.593. The van der Waals surface area contributed by atoms with E-state index in [-0.39, 0.29) is 6.61 Å². The van der Waals surface area contributed by atoms with Gasteiger partial charge in [-0.2, -0.15) is 0 Å². The van der Waals surface area contributed by atoms with Gasteiger partial charge in [0.2, 0.25) is 0 Å². The van der Waals surface area contributed by atoms with Crippen LogP contribution >= 0.6 is 0 Å². The summed E-state index contributed by atoms with van der Waals surface area (Å²) in [5, 5.41) is 10.1. The van der Waals surface area contributed by atoms with Crippen molar-refractivity contribution in [1.82, 2.24) is 0 Å². The molecule has 0 spiro atoms. The van der Waals surface area contributed by atoms with E-state index in [4.69, 9.17) is 14.2 Å². The van der Waals surface area contributed by atoms with Gasteiger partial charge in [-0.15, -0.1) is 0 Å². The van der Waals surface area contributed by atoms with Crippen LogP contribution in [0.15, 0.2) is 48.5 Å². The number of hydrogen-bond donors (Lipinski definition) is 1. The van der Waals surface area contributed by atoms with E-state index in [1.54, 1.807) is 14.2 Å². The summed E-state index contributed by atoms with van der Waals surface area (Å²) in [4.78, 5) is 1.97. The molecule has 1 atom stereocenters. The number of aliphatic hydroxyl groups is 1. The number of hydrogen-bond acceptors (Lipinski definition) is 5. The predicted octanol–water partition coefficient (Wildman–Crippen LogP) is 2.58. The summed E-state index contributed by atoms with van der Waals surface area (Å²) >= 11 is 0. The molecule has 0 amide bonds. The average molecular weight is 317 g/mol. The summed E-state index contributed by atoms with van der Waals surface area (Å²) in [5.41, 5.74) is 1.01. The van der Waals surface area contributed by atoms with Crippen LogP contribution < -0.4 is 19.1 Å². The van der Waals surface area contributed by atoms with Gasteiger partial charge >= 0.3 is 0 Å². The first-order valence-corrected chi connectivity index (χ1v) is 7.42. The third-order valence-corrected chi connectivity index (χ3v) is 3.50. The molecule has 2 rings (SSSR count). The molecule has 1 N–H and O–H groups in total. The van der Waals surface area contributed by atoms with E-state index in [0.717, 1.165) is 17.2 Å². The molecule has 0 aromatic heterocycles. The van der Waals surface area contributed by atoms with Crippen LogP contribution in [0, 0.1) is 0 Å². The lowest BCUT2D eigenvalue weighted by atomic mass is 10.2. The van der Waals surface area contributed by atoms with E-state index in [9.17, 15) is 5.11 Å². The molecule has 0 aliphatic heterocycles. The highest BCUT2D eigenvalue weighted by Gasteiger charge is 2.10. The van der Waals surface area contributed by atoms with Crippen LogP contribution in [-0.2, 0) is 0 Å². The minimum Gasteiger partial charge on any atom is -0.497 e. The first-order chi connectivity index (χ1) is 11.1. The van der Waals surface area contributed by atoms with Gasteiger partial charge in [0.25, 0.3) is 0 Å². The molecular weight excluding hydrogens is 294 g/mol. The molecule has 2 aromatic carbocycles. The van der Waals surface area contributed by atoms with Crippen molar-refractivity contribution in [3.8, 4) is 17.2 Å². The molecule has 5 nitrogen and oxygen atoms in total. The highest BCUT2D eigenvalue weighted by molar-refractivity contribution is 5.48. The zero-order valence-electron chi connectivity index (χ0n) is 13.7. The number of benzene rings is 2. The Labute approximate surface area is 137 Å². The van der Waals surface area contributed by atoms with Gasteiger partial charge in [0.05, 0.1) is 14.2 Å². The van der Waals surface area contributed by atoms with E-state index in [1.807, 2.05) is 60.5 Å². The van der Waals surface area contributed by atoms with Crippen molar-refractivity contribution in [2.45, 2.75) is 6.10 Å². The van der Waals surface area contributed by atoms with E-state index in [0.29, 0.717) is 12.3 Å². The van der Waals surface area contributed by atoms with Gasteiger partial charge in [-0.25, -0.2) is 0 Å².